The Morgan fingerprint density at radius 1 is 0.724 bits per heavy atom. The van der Waals surface area contributed by atoms with Gasteiger partial charge in [-0.25, -0.2) is 9.97 Å². The van der Waals surface area contributed by atoms with Gasteiger partial charge in [0.1, 0.15) is 12.1 Å². The number of rotatable bonds is 4. The topological polar surface area (TPSA) is 72.9 Å². The zero-order valence-corrected chi connectivity index (χ0v) is 17.5. The highest BCUT2D eigenvalue weighted by Crippen LogP contribution is 2.30. The normalized spacial score (nSPS) is 22.1. The molecule has 0 amide bonds. The van der Waals surface area contributed by atoms with Crippen molar-refractivity contribution in [2.24, 2.45) is 0 Å². The number of hydrogen-bond acceptors (Lipinski definition) is 6. The molecular formula is C20H28N6O2S. The highest BCUT2D eigenvalue weighted by molar-refractivity contribution is 7.86. The van der Waals surface area contributed by atoms with Crippen LogP contribution in [0, 0.1) is 0 Å². The van der Waals surface area contributed by atoms with Gasteiger partial charge in [-0.1, -0.05) is 0 Å². The fourth-order valence-electron chi connectivity index (χ4n) is 4.67. The second kappa shape index (κ2) is 7.70. The molecule has 0 aliphatic carbocycles. The Kier molecular flexibility index (Phi) is 5.05. The van der Waals surface area contributed by atoms with Crippen LogP contribution >= 0.6 is 0 Å². The van der Waals surface area contributed by atoms with Gasteiger partial charge < -0.3 is 9.80 Å². The molecule has 0 unspecified atom stereocenters. The van der Waals surface area contributed by atoms with Gasteiger partial charge in [0.15, 0.2) is 0 Å². The van der Waals surface area contributed by atoms with E-state index in [-0.39, 0.29) is 0 Å². The van der Waals surface area contributed by atoms with Crippen molar-refractivity contribution in [1.29, 1.82) is 0 Å². The third-order valence-electron chi connectivity index (χ3n) is 6.32. The van der Waals surface area contributed by atoms with Crippen LogP contribution in [0.4, 0.5) is 11.5 Å². The minimum atomic E-state index is -3.31. The third-order valence-corrected chi connectivity index (χ3v) is 8.36. The molecule has 0 N–H and O–H groups in total. The summed E-state index contributed by atoms with van der Waals surface area (Å²) in [6.07, 6.45) is 6.00. The monoisotopic (exact) mass is 416 g/mol. The van der Waals surface area contributed by atoms with Crippen molar-refractivity contribution in [3.8, 4) is 0 Å². The third kappa shape index (κ3) is 3.55. The van der Waals surface area contributed by atoms with Gasteiger partial charge in [0.05, 0.1) is 5.52 Å². The molecule has 0 atom stereocenters. The standard InChI is InChI=1S/C20H28N6O2S/c27-29(28,25-9-3-4-10-25)26-13-11-23(12-14-26)17-5-6-19-18(15-17)20(22-16-21-19)24-7-1-2-8-24/h5-6,15-16H,1-4,7-14H2. The molecule has 3 fully saturated rings. The maximum Gasteiger partial charge on any atom is 0.282 e. The summed E-state index contributed by atoms with van der Waals surface area (Å²) in [4.78, 5) is 13.6. The maximum atomic E-state index is 12.8. The van der Waals surface area contributed by atoms with E-state index in [1.807, 2.05) is 0 Å². The molecule has 2 aromatic rings. The van der Waals surface area contributed by atoms with Crippen LogP contribution in [0.3, 0.4) is 0 Å². The van der Waals surface area contributed by atoms with Gasteiger partial charge in [-0.3, -0.25) is 0 Å². The molecule has 8 nitrogen and oxygen atoms in total. The van der Waals surface area contributed by atoms with Crippen LogP contribution in [0.2, 0.25) is 0 Å². The first-order valence-electron chi connectivity index (χ1n) is 10.6. The Balaban J connectivity index is 1.35. The average molecular weight is 417 g/mol. The molecule has 0 spiro atoms. The van der Waals surface area contributed by atoms with Crippen molar-refractivity contribution in [3.05, 3.63) is 24.5 Å². The summed E-state index contributed by atoms with van der Waals surface area (Å²) in [5.41, 5.74) is 2.08. The van der Waals surface area contributed by atoms with Crippen LogP contribution in [-0.4, -0.2) is 79.4 Å². The van der Waals surface area contributed by atoms with Gasteiger partial charge in [0.25, 0.3) is 10.2 Å². The van der Waals surface area contributed by atoms with E-state index in [2.05, 4.69) is 38.0 Å². The van der Waals surface area contributed by atoms with Gasteiger partial charge in [0.2, 0.25) is 0 Å². The van der Waals surface area contributed by atoms with Crippen LogP contribution in [0.1, 0.15) is 25.7 Å². The number of fused-ring (bicyclic) bond motifs is 1. The largest absolute Gasteiger partial charge is 0.369 e. The van der Waals surface area contributed by atoms with Gasteiger partial charge in [0, 0.05) is 63.4 Å². The minimum absolute atomic E-state index is 0.529. The second-order valence-corrected chi connectivity index (χ2v) is 10.0. The molecule has 0 radical (unpaired) electrons. The summed E-state index contributed by atoms with van der Waals surface area (Å²) in [7, 11) is -3.31. The molecule has 0 bridgehead atoms. The molecule has 1 aromatic carbocycles. The molecule has 4 heterocycles. The Hall–Kier alpha value is -1.97. The van der Waals surface area contributed by atoms with E-state index >= 15 is 0 Å². The second-order valence-electron chi connectivity index (χ2n) is 8.09. The van der Waals surface area contributed by atoms with Crippen LogP contribution in [0.25, 0.3) is 10.9 Å². The number of piperazine rings is 1. The summed E-state index contributed by atoms with van der Waals surface area (Å²) >= 11 is 0. The predicted octanol–water partition coefficient (Wildman–Crippen LogP) is 1.69. The van der Waals surface area contributed by atoms with Gasteiger partial charge in [-0.05, 0) is 43.9 Å². The predicted molar refractivity (Wildman–Crippen MR) is 114 cm³/mol. The van der Waals surface area contributed by atoms with Crippen molar-refractivity contribution in [1.82, 2.24) is 18.6 Å². The lowest BCUT2D eigenvalue weighted by Crippen LogP contribution is -2.52. The van der Waals surface area contributed by atoms with Gasteiger partial charge in [-0.2, -0.15) is 17.0 Å². The van der Waals surface area contributed by atoms with Crippen molar-refractivity contribution >= 4 is 32.6 Å². The van der Waals surface area contributed by atoms with E-state index in [1.54, 1.807) is 14.9 Å². The van der Waals surface area contributed by atoms with Crippen LogP contribution in [0.15, 0.2) is 24.5 Å². The lowest BCUT2D eigenvalue weighted by atomic mass is 10.1. The van der Waals surface area contributed by atoms with E-state index in [0.717, 1.165) is 48.3 Å². The number of anilines is 2. The molecule has 3 aliphatic heterocycles. The van der Waals surface area contributed by atoms with Crippen molar-refractivity contribution in [3.63, 3.8) is 0 Å². The number of nitrogens with zero attached hydrogens (tertiary/aromatic N) is 6. The summed E-state index contributed by atoms with van der Waals surface area (Å²) in [6, 6.07) is 6.32. The van der Waals surface area contributed by atoms with Crippen molar-refractivity contribution in [2.75, 3.05) is 62.2 Å². The highest BCUT2D eigenvalue weighted by atomic mass is 32.2. The van der Waals surface area contributed by atoms with Gasteiger partial charge in [-0.15, -0.1) is 0 Å². The van der Waals surface area contributed by atoms with Crippen molar-refractivity contribution in [2.45, 2.75) is 25.7 Å². The lowest BCUT2D eigenvalue weighted by Gasteiger charge is -2.37. The zero-order chi connectivity index (χ0) is 19.8. The van der Waals surface area contributed by atoms with Gasteiger partial charge >= 0.3 is 0 Å². The SMILES string of the molecule is O=S(=O)(N1CCCC1)N1CCN(c2ccc3ncnc(N4CCCC4)c3c2)CC1. The van der Waals surface area contributed by atoms with Crippen LogP contribution in [0.5, 0.6) is 0 Å². The molecule has 3 aliphatic rings. The zero-order valence-electron chi connectivity index (χ0n) is 16.7. The summed E-state index contributed by atoms with van der Waals surface area (Å²) in [5, 5.41) is 1.08. The summed E-state index contributed by atoms with van der Waals surface area (Å²) < 4.78 is 28.9. The Bertz CT molecular complexity index is 978. The Morgan fingerprint density at radius 2 is 1.38 bits per heavy atom. The van der Waals surface area contributed by atoms with E-state index in [0.29, 0.717) is 39.3 Å². The molecule has 156 valence electrons. The fourth-order valence-corrected chi connectivity index (χ4v) is 6.34. The van der Waals surface area contributed by atoms with E-state index in [9.17, 15) is 8.42 Å². The molecule has 9 heteroatoms. The van der Waals surface area contributed by atoms with Crippen LogP contribution in [-0.2, 0) is 10.2 Å². The lowest BCUT2D eigenvalue weighted by molar-refractivity contribution is 0.343. The number of aromatic nitrogens is 2. The van der Waals surface area contributed by atoms with E-state index in [1.165, 1.54) is 12.8 Å². The quantitative estimate of drug-likeness (QED) is 0.755. The number of benzene rings is 1. The molecular weight excluding hydrogens is 388 g/mol. The first-order chi connectivity index (χ1) is 14.1. The Morgan fingerprint density at radius 3 is 2.10 bits per heavy atom. The van der Waals surface area contributed by atoms with Crippen molar-refractivity contribution < 1.29 is 8.42 Å². The average Bonchev–Trinajstić information content (AvgIpc) is 3.47. The summed E-state index contributed by atoms with van der Waals surface area (Å²) in [5.74, 6) is 1.02. The maximum absolute atomic E-state index is 12.8. The van der Waals surface area contributed by atoms with E-state index in [4.69, 9.17) is 0 Å². The number of hydrogen-bond donors (Lipinski definition) is 0. The molecule has 0 saturated carbocycles. The Labute approximate surface area is 172 Å². The van der Waals surface area contributed by atoms with Crippen LogP contribution < -0.4 is 9.80 Å². The molecule has 5 rings (SSSR count). The smallest absolute Gasteiger partial charge is 0.282 e. The fraction of sp³-hybridized carbons (Fsp3) is 0.600. The first kappa shape index (κ1) is 19.0. The first-order valence-corrected chi connectivity index (χ1v) is 12.0. The molecule has 29 heavy (non-hydrogen) atoms. The molecule has 3 saturated heterocycles. The summed E-state index contributed by atoms with van der Waals surface area (Å²) in [6.45, 7) is 5.87. The highest BCUT2D eigenvalue weighted by Gasteiger charge is 2.33. The molecule has 1 aromatic heterocycles. The van der Waals surface area contributed by atoms with E-state index < -0.39 is 10.2 Å². The minimum Gasteiger partial charge on any atom is -0.369 e.